The van der Waals surface area contributed by atoms with Gasteiger partial charge in [-0.05, 0) is 24.6 Å². The van der Waals surface area contributed by atoms with E-state index in [1.807, 2.05) is 0 Å². The van der Waals surface area contributed by atoms with Crippen LogP contribution in [-0.2, 0) is 14.2 Å². The predicted molar refractivity (Wildman–Crippen MR) is 136 cm³/mol. The van der Waals surface area contributed by atoms with Crippen LogP contribution in [-0.4, -0.2) is 126 Å². The van der Waals surface area contributed by atoms with Gasteiger partial charge < -0.3 is 69.6 Å². The number of Topliss-reactive ketones (excluding diaryl/α,β-unsaturated/α-hetero) is 1. The van der Waals surface area contributed by atoms with Gasteiger partial charge in [0.2, 0.25) is 12.1 Å². The van der Waals surface area contributed by atoms with Gasteiger partial charge in [-0.3, -0.25) is 4.79 Å². The van der Waals surface area contributed by atoms with E-state index in [4.69, 9.17) is 23.7 Å². The molecular weight excluding hydrogens is 564 g/mol. The number of carbonyl (C=O) groups excluding carboxylic acids is 1. The first-order valence-electron chi connectivity index (χ1n) is 13.1. The Morgan fingerprint density at radius 2 is 1.43 bits per heavy atom. The van der Waals surface area contributed by atoms with Crippen molar-refractivity contribution in [3.05, 3.63) is 47.5 Å². The van der Waals surface area contributed by atoms with Crippen LogP contribution in [0.5, 0.6) is 23.0 Å². The fourth-order valence-electron chi connectivity index (χ4n) is 5.08. The molecule has 2 saturated heterocycles. The van der Waals surface area contributed by atoms with Gasteiger partial charge in [0.15, 0.2) is 18.5 Å². The topological polar surface area (TPSA) is 245 Å². The summed E-state index contributed by atoms with van der Waals surface area (Å²) in [4.78, 5) is 14.1. The fraction of sp³-hybridized carbons (Fsp3) is 0.519. The van der Waals surface area contributed by atoms with E-state index in [0.29, 0.717) is 5.56 Å². The standard InChI is InChI=1S/C27H32O15/c1-9-17(31)20(34)22(36)26(38-9)42-25-19(33)16-13(39-24(25)10-2-4-11(29)5-3-10)6-12(30)7-14(16)40-27-23(37)21(35)18(32)15(8-28)41-27/h2-7,9,15,17-18,20-32,34-37H,8H2,1H3. The SMILES string of the molecule is CC1OC(OC2C(=O)c3c(OC4OC(CO)C(O)C(O)C4O)cc(O)cc3OC2c2ccc(O)cc2)C(O)C(O)C1O. The Hall–Kier alpha value is -3.09. The summed E-state index contributed by atoms with van der Waals surface area (Å²) in [5.74, 6) is -1.90. The number of aromatic hydroxyl groups is 2. The van der Waals surface area contributed by atoms with Gasteiger partial charge >= 0.3 is 0 Å². The normalized spacial score (nSPS) is 38.4. The van der Waals surface area contributed by atoms with E-state index in [0.717, 1.165) is 12.1 Å². The van der Waals surface area contributed by atoms with E-state index >= 15 is 0 Å². The molecule has 5 rings (SSSR count). The third-order valence-corrected chi connectivity index (χ3v) is 7.49. The lowest BCUT2D eigenvalue weighted by atomic mass is 9.92. The van der Waals surface area contributed by atoms with Crippen molar-refractivity contribution in [1.29, 1.82) is 0 Å². The highest BCUT2D eigenvalue weighted by Gasteiger charge is 2.49. The van der Waals surface area contributed by atoms with Crippen LogP contribution in [0.2, 0.25) is 0 Å². The average molecular weight is 597 g/mol. The van der Waals surface area contributed by atoms with Gasteiger partial charge in [-0.2, -0.15) is 0 Å². The van der Waals surface area contributed by atoms with Crippen molar-refractivity contribution in [3.63, 3.8) is 0 Å². The first kappa shape index (κ1) is 30.4. The molecule has 12 unspecified atom stereocenters. The number of phenolic OH excluding ortho intramolecular Hbond substituents is 2. The molecule has 0 amide bonds. The largest absolute Gasteiger partial charge is 0.508 e. The molecular formula is C27H32O15. The van der Waals surface area contributed by atoms with Crippen molar-refractivity contribution in [3.8, 4) is 23.0 Å². The van der Waals surface area contributed by atoms with Crippen LogP contribution < -0.4 is 9.47 Å². The molecule has 0 saturated carbocycles. The van der Waals surface area contributed by atoms with Crippen molar-refractivity contribution < 1.29 is 74.4 Å². The van der Waals surface area contributed by atoms with Gasteiger partial charge in [-0.25, -0.2) is 0 Å². The molecule has 0 aliphatic carbocycles. The number of carbonyl (C=O) groups is 1. The number of aliphatic hydroxyl groups excluding tert-OH is 7. The molecule has 42 heavy (non-hydrogen) atoms. The van der Waals surface area contributed by atoms with Crippen molar-refractivity contribution in [2.75, 3.05) is 6.61 Å². The average Bonchev–Trinajstić information content (AvgIpc) is 2.96. The first-order chi connectivity index (χ1) is 19.9. The molecule has 230 valence electrons. The van der Waals surface area contributed by atoms with Crippen LogP contribution in [0.3, 0.4) is 0 Å². The van der Waals surface area contributed by atoms with E-state index in [1.165, 1.54) is 31.2 Å². The number of hydrogen-bond acceptors (Lipinski definition) is 15. The molecule has 2 aromatic rings. The van der Waals surface area contributed by atoms with Gasteiger partial charge in [0.05, 0.1) is 12.7 Å². The van der Waals surface area contributed by atoms with Crippen molar-refractivity contribution in [2.45, 2.75) is 80.5 Å². The lowest BCUT2D eigenvalue weighted by Crippen LogP contribution is -2.60. The Balaban J connectivity index is 1.52. The van der Waals surface area contributed by atoms with Crippen LogP contribution in [0.4, 0.5) is 0 Å². The summed E-state index contributed by atoms with van der Waals surface area (Å²) in [6, 6.07) is 7.68. The predicted octanol–water partition coefficient (Wildman–Crippen LogP) is -2.19. The molecule has 12 atom stereocenters. The summed E-state index contributed by atoms with van der Waals surface area (Å²) in [6.07, 6.45) is -18.6. The Bertz CT molecular complexity index is 1270. The minimum atomic E-state index is -1.84. The van der Waals surface area contributed by atoms with E-state index in [2.05, 4.69) is 0 Å². The summed E-state index contributed by atoms with van der Waals surface area (Å²) in [6.45, 7) is 0.690. The molecule has 3 aliphatic heterocycles. The zero-order chi connectivity index (χ0) is 30.5. The van der Waals surface area contributed by atoms with Crippen molar-refractivity contribution in [2.24, 2.45) is 0 Å². The van der Waals surface area contributed by atoms with Gasteiger partial charge in [-0.1, -0.05) is 12.1 Å². The maximum absolute atomic E-state index is 14.1. The number of hydrogen-bond donors (Lipinski definition) is 9. The number of ketones is 1. The van der Waals surface area contributed by atoms with Gasteiger partial charge in [0.25, 0.3) is 0 Å². The fourth-order valence-corrected chi connectivity index (χ4v) is 5.08. The highest BCUT2D eigenvalue weighted by molar-refractivity contribution is 6.06. The lowest BCUT2D eigenvalue weighted by molar-refractivity contribution is -0.304. The number of rotatable bonds is 6. The van der Waals surface area contributed by atoms with Crippen LogP contribution in [0.1, 0.15) is 28.9 Å². The minimum Gasteiger partial charge on any atom is -0.508 e. The molecule has 3 aliphatic rings. The summed E-state index contributed by atoms with van der Waals surface area (Å²) in [5.41, 5.74) is 0.0270. The molecule has 2 aromatic carbocycles. The minimum absolute atomic E-state index is 0.0800. The molecule has 9 N–H and O–H groups in total. The smallest absolute Gasteiger partial charge is 0.229 e. The van der Waals surface area contributed by atoms with E-state index in [-0.39, 0.29) is 22.8 Å². The Morgan fingerprint density at radius 3 is 2.10 bits per heavy atom. The number of ether oxygens (including phenoxy) is 5. The Morgan fingerprint density at radius 1 is 0.786 bits per heavy atom. The second kappa shape index (κ2) is 11.9. The summed E-state index contributed by atoms with van der Waals surface area (Å²) in [7, 11) is 0. The van der Waals surface area contributed by atoms with E-state index in [9.17, 15) is 50.8 Å². The maximum atomic E-state index is 14.1. The highest BCUT2D eigenvalue weighted by Crippen LogP contribution is 2.45. The van der Waals surface area contributed by atoms with Crippen LogP contribution >= 0.6 is 0 Å². The lowest BCUT2D eigenvalue weighted by Gasteiger charge is -2.42. The zero-order valence-corrected chi connectivity index (χ0v) is 22.1. The molecule has 3 heterocycles. The molecule has 2 fully saturated rings. The summed E-state index contributed by atoms with van der Waals surface area (Å²) in [5, 5.41) is 91.2. The van der Waals surface area contributed by atoms with Crippen LogP contribution in [0.25, 0.3) is 0 Å². The molecule has 0 aromatic heterocycles. The van der Waals surface area contributed by atoms with Crippen LogP contribution in [0.15, 0.2) is 36.4 Å². The summed E-state index contributed by atoms with van der Waals surface area (Å²) < 4.78 is 28.5. The first-order valence-corrected chi connectivity index (χ1v) is 13.1. The third kappa shape index (κ3) is 5.51. The summed E-state index contributed by atoms with van der Waals surface area (Å²) >= 11 is 0. The van der Waals surface area contributed by atoms with Gasteiger partial charge in [-0.15, -0.1) is 0 Å². The Labute approximate surface area is 238 Å². The number of benzene rings is 2. The highest BCUT2D eigenvalue weighted by atomic mass is 16.7. The van der Waals surface area contributed by atoms with Crippen molar-refractivity contribution >= 4 is 5.78 Å². The van der Waals surface area contributed by atoms with E-state index < -0.39 is 91.8 Å². The third-order valence-electron chi connectivity index (χ3n) is 7.49. The second-order valence-electron chi connectivity index (χ2n) is 10.4. The Kier molecular flexibility index (Phi) is 8.60. The molecule has 0 radical (unpaired) electrons. The molecule has 15 nitrogen and oxygen atoms in total. The van der Waals surface area contributed by atoms with Crippen molar-refractivity contribution in [1.82, 2.24) is 0 Å². The maximum Gasteiger partial charge on any atom is 0.229 e. The van der Waals surface area contributed by atoms with Gasteiger partial charge in [0.1, 0.15) is 71.3 Å². The van der Waals surface area contributed by atoms with Crippen LogP contribution in [0, 0.1) is 0 Å². The molecule has 15 heteroatoms. The molecule has 0 spiro atoms. The molecule has 0 bridgehead atoms. The van der Waals surface area contributed by atoms with E-state index in [1.54, 1.807) is 0 Å². The van der Waals surface area contributed by atoms with Gasteiger partial charge in [0, 0.05) is 12.1 Å². The second-order valence-corrected chi connectivity index (χ2v) is 10.4. The monoisotopic (exact) mass is 596 g/mol. The number of aliphatic hydroxyl groups is 7. The number of phenols is 2. The zero-order valence-electron chi connectivity index (χ0n) is 22.1. The quantitative estimate of drug-likeness (QED) is 0.172. The number of fused-ring (bicyclic) bond motifs is 1.